The molecule has 23 heavy (non-hydrogen) atoms. The van der Waals surface area contributed by atoms with E-state index in [1.165, 1.54) is 0 Å². The molecule has 6 heteroatoms. The lowest BCUT2D eigenvalue weighted by Crippen LogP contribution is -2.39. The van der Waals surface area contributed by atoms with Crippen LogP contribution in [0.25, 0.3) is 0 Å². The van der Waals surface area contributed by atoms with Crippen LogP contribution in [0.1, 0.15) is 43.7 Å². The van der Waals surface area contributed by atoms with Crippen molar-refractivity contribution in [2.45, 2.75) is 43.6 Å². The normalized spacial score (nSPS) is 19.6. The van der Waals surface area contributed by atoms with Gasteiger partial charge in [-0.3, -0.25) is 4.79 Å². The van der Waals surface area contributed by atoms with Crippen molar-refractivity contribution < 1.29 is 14.6 Å². The minimum absolute atomic E-state index is 0.189. The summed E-state index contributed by atoms with van der Waals surface area (Å²) in [5.41, 5.74) is 6.11. The number of carboxylic acid groups (broad SMARTS) is 1. The molecular weight excluding hydrogens is 316 g/mol. The summed E-state index contributed by atoms with van der Waals surface area (Å²) in [5, 5.41) is 19.3. The van der Waals surface area contributed by atoms with Crippen LogP contribution in [0.15, 0.2) is 18.2 Å². The molecule has 3 N–H and O–H groups in total. The molecule has 1 aliphatic heterocycles. The number of hydrogen-bond acceptors (Lipinski definition) is 4. The second-order valence-electron chi connectivity index (χ2n) is 6.12. The largest absolute Gasteiger partial charge is 0.481 e. The maximum Gasteiger partial charge on any atom is 0.305 e. The Labute approximate surface area is 141 Å². The zero-order valence-corrected chi connectivity index (χ0v) is 13.9. The molecule has 124 valence electrons. The minimum atomic E-state index is -1.01. The molecule has 1 saturated heterocycles. The summed E-state index contributed by atoms with van der Waals surface area (Å²) in [6.45, 7) is 2.89. The molecule has 0 spiro atoms. The summed E-state index contributed by atoms with van der Waals surface area (Å²) < 4.78 is 5.36. The van der Waals surface area contributed by atoms with E-state index in [-0.39, 0.29) is 6.42 Å². The van der Waals surface area contributed by atoms with Crippen molar-refractivity contribution in [3.8, 4) is 6.07 Å². The van der Waals surface area contributed by atoms with Gasteiger partial charge in [-0.2, -0.15) is 5.26 Å². The minimum Gasteiger partial charge on any atom is -0.481 e. The van der Waals surface area contributed by atoms with E-state index in [0.29, 0.717) is 43.1 Å². The maximum absolute atomic E-state index is 11.2. The highest BCUT2D eigenvalue weighted by molar-refractivity contribution is 6.30. The third-order valence-electron chi connectivity index (χ3n) is 4.68. The van der Waals surface area contributed by atoms with Crippen LogP contribution in [0.3, 0.4) is 0 Å². The average molecular weight is 337 g/mol. The molecule has 0 aromatic heterocycles. The van der Waals surface area contributed by atoms with Crippen molar-refractivity contribution in [1.82, 2.24) is 0 Å². The van der Waals surface area contributed by atoms with E-state index in [9.17, 15) is 10.1 Å². The maximum atomic E-state index is 11.2. The van der Waals surface area contributed by atoms with Crippen LogP contribution in [-0.2, 0) is 20.5 Å². The standard InChI is InChI=1S/C17H21ClN2O3/c1-2-17(20,10-15(21)22)13-7-12(8-14(18)9-13)16(11-19)3-5-23-6-4-16/h7-9H,2-6,10,20H2,1H3,(H,21,22)/t17-/m0/s1. The van der Waals surface area contributed by atoms with Crippen molar-refractivity contribution in [2.24, 2.45) is 5.73 Å². The van der Waals surface area contributed by atoms with Gasteiger partial charge in [-0.1, -0.05) is 24.6 Å². The van der Waals surface area contributed by atoms with Crippen molar-refractivity contribution in [2.75, 3.05) is 13.2 Å². The molecule has 0 amide bonds. The number of nitriles is 1. The third kappa shape index (κ3) is 3.66. The second-order valence-corrected chi connectivity index (χ2v) is 6.55. The molecule has 1 aromatic rings. The number of hydrogen-bond donors (Lipinski definition) is 2. The first-order chi connectivity index (χ1) is 10.8. The fraction of sp³-hybridized carbons (Fsp3) is 0.529. The van der Waals surface area contributed by atoms with Crippen molar-refractivity contribution >= 4 is 17.6 Å². The van der Waals surface area contributed by atoms with Gasteiger partial charge in [0.05, 0.1) is 23.4 Å². The lowest BCUT2D eigenvalue weighted by molar-refractivity contribution is -0.138. The number of halogens is 1. The van der Waals surface area contributed by atoms with Crippen LogP contribution in [-0.4, -0.2) is 24.3 Å². The molecule has 0 aliphatic carbocycles. The number of carbonyl (C=O) groups is 1. The molecule has 5 nitrogen and oxygen atoms in total. The SMILES string of the molecule is CC[C@](N)(CC(=O)O)c1cc(Cl)cc(C2(C#N)CCOCC2)c1. The highest BCUT2D eigenvalue weighted by Crippen LogP contribution is 2.38. The van der Waals surface area contributed by atoms with Crippen LogP contribution in [0.4, 0.5) is 0 Å². The molecule has 1 fully saturated rings. The molecule has 0 saturated carbocycles. The molecule has 1 heterocycles. The predicted octanol–water partition coefficient (Wildman–Crippen LogP) is 2.95. The summed E-state index contributed by atoms with van der Waals surface area (Å²) in [6.07, 6.45) is 1.45. The molecular formula is C17H21ClN2O3. The first-order valence-corrected chi connectivity index (χ1v) is 8.04. The highest BCUT2D eigenvalue weighted by atomic mass is 35.5. The number of aliphatic carboxylic acids is 1. The van der Waals surface area contributed by atoms with Gasteiger partial charge < -0.3 is 15.6 Å². The molecule has 0 radical (unpaired) electrons. The Hall–Kier alpha value is -1.61. The van der Waals surface area contributed by atoms with E-state index < -0.39 is 16.9 Å². The lowest BCUT2D eigenvalue weighted by atomic mass is 9.73. The smallest absolute Gasteiger partial charge is 0.305 e. The summed E-state index contributed by atoms with van der Waals surface area (Å²) >= 11 is 6.24. The van der Waals surface area contributed by atoms with Gasteiger partial charge in [0.15, 0.2) is 0 Å². The van der Waals surface area contributed by atoms with E-state index >= 15 is 0 Å². The van der Waals surface area contributed by atoms with E-state index in [4.69, 9.17) is 27.2 Å². The average Bonchev–Trinajstić information content (AvgIpc) is 2.54. The Kier molecular flexibility index (Phi) is 5.30. The Morgan fingerprint density at radius 1 is 1.48 bits per heavy atom. The predicted molar refractivity (Wildman–Crippen MR) is 87.2 cm³/mol. The van der Waals surface area contributed by atoms with Gasteiger partial charge in [-0.05, 0) is 42.5 Å². The summed E-state index contributed by atoms with van der Waals surface area (Å²) in [4.78, 5) is 11.2. The second kappa shape index (κ2) is 6.88. The van der Waals surface area contributed by atoms with Gasteiger partial charge >= 0.3 is 5.97 Å². The number of benzene rings is 1. The third-order valence-corrected chi connectivity index (χ3v) is 4.90. The van der Waals surface area contributed by atoms with Crippen molar-refractivity contribution in [1.29, 1.82) is 5.26 Å². The van der Waals surface area contributed by atoms with Gasteiger partial charge in [-0.25, -0.2) is 0 Å². The van der Waals surface area contributed by atoms with Gasteiger partial charge in [0.25, 0.3) is 0 Å². The summed E-state index contributed by atoms with van der Waals surface area (Å²) in [5.74, 6) is -0.961. The van der Waals surface area contributed by atoms with Gasteiger partial charge in [0.2, 0.25) is 0 Å². The van der Waals surface area contributed by atoms with Gasteiger partial charge in [-0.15, -0.1) is 0 Å². The van der Waals surface area contributed by atoms with E-state index in [1.54, 1.807) is 12.1 Å². The fourth-order valence-corrected chi connectivity index (χ4v) is 3.27. The van der Waals surface area contributed by atoms with Crippen LogP contribution >= 0.6 is 11.6 Å². The van der Waals surface area contributed by atoms with Crippen molar-refractivity contribution in [3.63, 3.8) is 0 Å². The Bertz CT molecular complexity index is 635. The molecule has 1 aromatic carbocycles. The van der Waals surface area contributed by atoms with Gasteiger partial charge in [0.1, 0.15) is 0 Å². The fourth-order valence-electron chi connectivity index (χ4n) is 3.04. The van der Waals surface area contributed by atoms with Crippen LogP contribution in [0.2, 0.25) is 5.02 Å². The lowest BCUT2D eigenvalue weighted by Gasteiger charge is -2.33. The molecule has 0 unspecified atom stereocenters. The zero-order valence-electron chi connectivity index (χ0n) is 13.1. The monoisotopic (exact) mass is 336 g/mol. The number of nitrogens with zero attached hydrogens (tertiary/aromatic N) is 1. The van der Waals surface area contributed by atoms with E-state index in [1.807, 2.05) is 13.0 Å². The highest BCUT2D eigenvalue weighted by Gasteiger charge is 2.37. The Morgan fingerprint density at radius 2 is 2.13 bits per heavy atom. The van der Waals surface area contributed by atoms with Crippen LogP contribution < -0.4 is 5.73 Å². The van der Waals surface area contributed by atoms with Crippen LogP contribution in [0.5, 0.6) is 0 Å². The Morgan fingerprint density at radius 3 is 2.65 bits per heavy atom. The van der Waals surface area contributed by atoms with Crippen LogP contribution in [0, 0.1) is 11.3 Å². The zero-order chi connectivity index (χ0) is 17.1. The first-order valence-electron chi connectivity index (χ1n) is 7.66. The summed E-state index contributed by atoms with van der Waals surface area (Å²) in [6, 6.07) is 7.71. The number of carboxylic acids is 1. The molecule has 1 atom stereocenters. The van der Waals surface area contributed by atoms with E-state index in [0.717, 1.165) is 5.56 Å². The topological polar surface area (TPSA) is 96.3 Å². The molecule has 2 rings (SSSR count). The first kappa shape index (κ1) is 17.7. The summed E-state index contributed by atoms with van der Waals surface area (Å²) in [7, 11) is 0. The number of rotatable bonds is 5. The number of ether oxygens (including phenoxy) is 1. The Balaban J connectivity index is 2.50. The van der Waals surface area contributed by atoms with E-state index in [2.05, 4.69) is 6.07 Å². The molecule has 0 bridgehead atoms. The van der Waals surface area contributed by atoms with Gasteiger partial charge in [0, 0.05) is 18.2 Å². The number of nitrogens with two attached hydrogens (primary N) is 1. The quantitative estimate of drug-likeness (QED) is 0.861. The molecule has 1 aliphatic rings. The van der Waals surface area contributed by atoms with Crippen molar-refractivity contribution in [3.05, 3.63) is 34.3 Å².